The molecule has 62 heavy (non-hydrogen) atoms. The number of nitrogens with one attached hydrogen (secondary N) is 2. The molecule has 1 aliphatic heterocycles. The molecule has 1 saturated heterocycles. The normalized spacial score (nSPS) is 15.8. The van der Waals surface area contributed by atoms with Gasteiger partial charge in [0.1, 0.15) is 4.60 Å². The highest BCUT2D eigenvalue weighted by Crippen LogP contribution is 2.36. The van der Waals surface area contributed by atoms with E-state index in [1.807, 2.05) is 102 Å². The summed E-state index contributed by atoms with van der Waals surface area (Å²) in [6.45, 7) is 12.9. The van der Waals surface area contributed by atoms with E-state index in [4.69, 9.17) is 24.0 Å². The molecule has 6 aromatic rings. The fourth-order valence-electron chi connectivity index (χ4n) is 6.41. The molecular formula is C44H46BBrN10O6. The lowest BCUT2D eigenvalue weighted by molar-refractivity contribution is -0.115. The Labute approximate surface area is 368 Å². The molecule has 18 heteroatoms. The molecule has 3 aliphatic rings. The topological polar surface area (TPSA) is 182 Å². The summed E-state index contributed by atoms with van der Waals surface area (Å²) < 4.78 is 16.3. The van der Waals surface area contributed by atoms with Crippen molar-refractivity contribution in [1.82, 2.24) is 50.5 Å². The molecule has 318 valence electrons. The van der Waals surface area contributed by atoms with E-state index in [2.05, 4.69) is 52.0 Å². The molecule has 0 spiro atoms. The van der Waals surface area contributed by atoms with Crippen LogP contribution in [-0.2, 0) is 41.4 Å². The maximum atomic E-state index is 11.9. The molecule has 2 aliphatic carbocycles. The Kier molecular flexibility index (Phi) is 13.6. The highest BCUT2D eigenvalue weighted by molar-refractivity contribution is 9.10. The van der Waals surface area contributed by atoms with E-state index in [0.29, 0.717) is 37.4 Å². The Balaban J connectivity index is 0.000000144. The van der Waals surface area contributed by atoms with Crippen molar-refractivity contribution in [1.29, 1.82) is 0 Å². The lowest BCUT2D eigenvalue weighted by Gasteiger charge is -2.32. The first-order valence-electron chi connectivity index (χ1n) is 20.0. The van der Waals surface area contributed by atoms with Gasteiger partial charge in [-0.2, -0.15) is 10.2 Å². The van der Waals surface area contributed by atoms with Gasteiger partial charge in [-0.05, 0) is 105 Å². The molecule has 0 bridgehead atoms. The van der Waals surface area contributed by atoms with Crippen LogP contribution in [0.1, 0.15) is 64.1 Å². The Bertz CT molecular complexity index is 2580. The van der Waals surface area contributed by atoms with Crippen LogP contribution in [0.15, 0.2) is 115 Å². The Morgan fingerprint density at radius 1 is 0.710 bits per heavy atom. The number of hydrogen-bond donors (Lipinski definition) is 2. The number of aromatic nitrogens is 8. The molecule has 0 aromatic carbocycles. The second kappa shape index (κ2) is 19.3. The number of fused-ring (bicyclic) bond motifs is 2. The third kappa shape index (κ3) is 10.3. The van der Waals surface area contributed by atoms with Crippen LogP contribution in [0, 0.1) is 0 Å². The third-order valence-corrected chi connectivity index (χ3v) is 10.7. The van der Waals surface area contributed by atoms with Gasteiger partial charge < -0.3 is 9.31 Å². The summed E-state index contributed by atoms with van der Waals surface area (Å²) in [5, 5.41) is 8.73. The van der Waals surface area contributed by atoms with Crippen LogP contribution in [-0.4, -0.2) is 82.6 Å². The summed E-state index contributed by atoms with van der Waals surface area (Å²) in [6, 6.07) is 15.2. The van der Waals surface area contributed by atoms with E-state index in [0.717, 1.165) is 55.2 Å². The summed E-state index contributed by atoms with van der Waals surface area (Å²) in [5.74, 6) is 0.0810. The summed E-state index contributed by atoms with van der Waals surface area (Å²) in [5.41, 5.74) is 13.7. The quantitative estimate of drug-likeness (QED) is 0.0963. The van der Waals surface area contributed by atoms with E-state index in [1.165, 1.54) is 12.2 Å². The summed E-state index contributed by atoms with van der Waals surface area (Å²) in [7, 11) is -0.384. The molecule has 0 atom stereocenters. The van der Waals surface area contributed by atoms with Crippen molar-refractivity contribution in [3.8, 4) is 22.6 Å². The standard InChI is InChI=1S/C19H17N5O2.C14H18BN3O2.C11H11BrN2O2/c1-2-26-23-18-9-16(25)8-13-5-6-17(22-19(13)18)14-10-21-24(12-14)15-4-3-7-20-11-15;1-13(2)14(3,4)20-15(19-13)11-8-17-18(10-11)12-6-5-7-16-9-12;1-2-16-14-9-6-8(15)5-7-3-4-10(12)13-11(7)9/h3-7,9-12,23H,2,8H2,1H3;5-10H,1-4H3;3-4,6,14H,2,5H2,1H3. The lowest BCUT2D eigenvalue weighted by Crippen LogP contribution is -2.41. The monoisotopic (exact) mass is 900 g/mol. The zero-order chi connectivity index (χ0) is 43.9. The summed E-state index contributed by atoms with van der Waals surface area (Å²) in [6.07, 6.45) is 18.1. The van der Waals surface area contributed by atoms with E-state index in [-0.39, 0.29) is 29.9 Å². The number of carbonyl (C=O) groups excluding carboxylic acids is 2. The minimum Gasteiger partial charge on any atom is -0.399 e. The first kappa shape index (κ1) is 43.9. The number of rotatable bonds is 10. The van der Waals surface area contributed by atoms with Crippen LogP contribution in [0.25, 0.3) is 34.0 Å². The Morgan fingerprint density at radius 2 is 1.24 bits per heavy atom. The first-order valence-corrected chi connectivity index (χ1v) is 20.8. The van der Waals surface area contributed by atoms with Gasteiger partial charge in [-0.15, -0.1) is 0 Å². The minimum absolute atomic E-state index is 0.0265. The van der Waals surface area contributed by atoms with Gasteiger partial charge in [-0.25, -0.2) is 19.3 Å². The number of halogens is 1. The second-order valence-corrected chi connectivity index (χ2v) is 16.0. The fourth-order valence-corrected chi connectivity index (χ4v) is 6.72. The van der Waals surface area contributed by atoms with Crippen molar-refractivity contribution in [3.05, 3.63) is 137 Å². The smallest absolute Gasteiger partial charge is 0.399 e. The molecule has 7 heterocycles. The molecule has 0 amide bonds. The third-order valence-electron chi connectivity index (χ3n) is 10.3. The predicted octanol–water partition coefficient (Wildman–Crippen LogP) is 5.75. The molecule has 0 unspecified atom stereocenters. The summed E-state index contributed by atoms with van der Waals surface area (Å²) >= 11 is 3.31. The number of nitrogens with zero attached hydrogens (tertiary/aromatic N) is 8. The zero-order valence-electron chi connectivity index (χ0n) is 35.2. The molecule has 0 radical (unpaired) electrons. The van der Waals surface area contributed by atoms with Gasteiger partial charge in [0.05, 0.1) is 82.9 Å². The SMILES string of the molecule is CC1(C)OB(c2cnn(-c3cccnc3)c2)OC1(C)C.CCONC1=CC(=O)Cc2ccc(-c3cnn(-c4cccnc4)c3)nc21.CCONC1=CC(=O)Cc2ccc(Br)nc21. The average Bonchev–Trinajstić information content (AvgIpc) is 4.02. The molecule has 16 nitrogen and oxygen atoms in total. The van der Waals surface area contributed by atoms with Crippen LogP contribution in [0.3, 0.4) is 0 Å². The zero-order valence-corrected chi connectivity index (χ0v) is 36.8. The van der Waals surface area contributed by atoms with E-state index in [9.17, 15) is 9.59 Å². The van der Waals surface area contributed by atoms with Gasteiger partial charge in [0.2, 0.25) is 0 Å². The van der Waals surface area contributed by atoms with Gasteiger partial charge in [-0.1, -0.05) is 12.1 Å². The van der Waals surface area contributed by atoms with Crippen molar-refractivity contribution >= 4 is 51.5 Å². The van der Waals surface area contributed by atoms with Crippen LogP contribution in [0.4, 0.5) is 0 Å². The molecule has 6 aromatic heterocycles. The maximum Gasteiger partial charge on any atom is 0.498 e. The van der Waals surface area contributed by atoms with Crippen molar-refractivity contribution < 1.29 is 28.6 Å². The second-order valence-electron chi connectivity index (χ2n) is 15.2. The van der Waals surface area contributed by atoms with Gasteiger partial charge in [0.25, 0.3) is 0 Å². The largest absolute Gasteiger partial charge is 0.498 e. The van der Waals surface area contributed by atoms with Crippen LogP contribution in [0.2, 0.25) is 0 Å². The molecular weight excluding hydrogens is 855 g/mol. The fraction of sp³-hybridized carbons (Fsp3) is 0.273. The van der Waals surface area contributed by atoms with Crippen molar-refractivity contribution in [2.45, 2.75) is 65.6 Å². The van der Waals surface area contributed by atoms with Crippen molar-refractivity contribution in [3.63, 3.8) is 0 Å². The predicted molar refractivity (Wildman–Crippen MR) is 237 cm³/mol. The first-order chi connectivity index (χ1) is 29.8. The van der Waals surface area contributed by atoms with Gasteiger partial charge in [-0.3, -0.25) is 40.2 Å². The van der Waals surface area contributed by atoms with Gasteiger partial charge >= 0.3 is 7.12 Å². The van der Waals surface area contributed by atoms with Gasteiger partial charge in [0.15, 0.2) is 11.6 Å². The van der Waals surface area contributed by atoms with Crippen molar-refractivity contribution in [2.24, 2.45) is 0 Å². The Hall–Kier alpha value is -6.18. The average molecular weight is 902 g/mol. The number of ketones is 2. The Morgan fingerprint density at radius 3 is 1.79 bits per heavy atom. The number of allylic oxidation sites excluding steroid dienone is 2. The molecule has 2 N–H and O–H groups in total. The number of hydroxylamine groups is 2. The number of pyridine rings is 4. The van der Waals surface area contributed by atoms with Crippen LogP contribution in [0.5, 0.6) is 0 Å². The number of hydrogen-bond acceptors (Lipinski definition) is 14. The molecule has 0 saturated carbocycles. The lowest BCUT2D eigenvalue weighted by atomic mass is 9.82. The minimum atomic E-state index is -0.384. The van der Waals surface area contributed by atoms with E-state index in [1.54, 1.807) is 46.5 Å². The maximum absolute atomic E-state index is 11.9. The van der Waals surface area contributed by atoms with E-state index < -0.39 is 0 Å². The highest BCUT2D eigenvalue weighted by atomic mass is 79.9. The molecule has 9 rings (SSSR count). The van der Waals surface area contributed by atoms with Crippen LogP contribution >= 0.6 is 15.9 Å². The van der Waals surface area contributed by atoms with Crippen LogP contribution < -0.4 is 16.4 Å². The molecule has 1 fully saturated rings. The highest BCUT2D eigenvalue weighted by Gasteiger charge is 2.52. The van der Waals surface area contributed by atoms with E-state index >= 15 is 0 Å². The number of carbonyl (C=O) groups is 2. The van der Waals surface area contributed by atoms with Crippen molar-refractivity contribution in [2.75, 3.05) is 13.2 Å². The summed E-state index contributed by atoms with van der Waals surface area (Å²) in [4.78, 5) is 51.0. The van der Waals surface area contributed by atoms with Gasteiger partial charge in [0, 0.05) is 67.0 Å².